The Labute approximate surface area is 165 Å². The lowest BCUT2D eigenvalue weighted by molar-refractivity contribution is 0.0955. The first-order valence-electron chi connectivity index (χ1n) is 7.84. The molecule has 2 aromatic carbocycles. The molecule has 7 heteroatoms. The summed E-state index contributed by atoms with van der Waals surface area (Å²) in [5.41, 5.74) is 3.67. The van der Waals surface area contributed by atoms with Crippen molar-refractivity contribution >= 4 is 39.7 Å². The Balaban J connectivity index is 2.13. The van der Waals surface area contributed by atoms with E-state index >= 15 is 0 Å². The van der Waals surface area contributed by atoms with Gasteiger partial charge >= 0.3 is 0 Å². The Morgan fingerprint density at radius 3 is 2.62 bits per heavy atom. The molecular weight excluding hydrogens is 420 g/mol. The lowest BCUT2D eigenvalue weighted by Crippen LogP contribution is -2.17. The van der Waals surface area contributed by atoms with Gasteiger partial charge < -0.3 is 9.47 Å². The fourth-order valence-corrected chi connectivity index (χ4v) is 2.56. The third-order valence-corrected chi connectivity index (χ3v) is 4.13. The predicted molar refractivity (Wildman–Crippen MR) is 108 cm³/mol. The number of halogens is 2. The molecular formula is C19H18BrClN2O3. The van der Waals surface area contributed by atoms with E-state index in [1.165, 1.54) is 6.21 Å². The number of nitrogens with zero attached hydrogens (tertiary/aromatic N) is 1. The third kappa shape index (κ3) is 5.61. The minimum Gasteiger partial charge on any atom is -0.490 e. The SMILES string of the molecule is C=CCOc1cc(Br)c(/C=N\NC(=O)c2ccc(Cl)cc2)cc1OCC. The van der Waals surface area contributed by atoms with Crippen LogP contribution in [0.4, 0.5) is 0 Å². The third-order valence-electron chi connectivity index (χ3n) is 3.20. The molecule has 0 saturated heterocycles. The van der Waals surface area contributed by atoms with Gasteiger partial charge in [0.25, 0.3) is 5.91 Å². The van der Waals surface area contributed by atoms with Gasteiger partial charge in [-0.05, 0) is 59.3 Å². The molecule has 136 valence electrons. The van der Waals surface area contributed by atoms with E-state index in [-0.39, 0.29) is 5.91 Å². The molecule has 1 N–H and O–H groups in total. The van der Waals surface area contributed by atoms with Gasteiger partial charge in [-0.3, -0.25) is 4.79 Å². The number of benzene rings is 2. The fraction of sp³-hybridized carbons (Fsp3) is 0.158. The zero-order valence-corrected chi connectivity index (χ0v) is 16.5. The summed E-state index contributed by atoms with van der Waals surface area (Å²) in [6, 6.07) is 10.1. The summed E-state index contributed by atoms with van der Waals surface area (Å²) in [5.74, 6) is 0.856. The molecule has 0 aliphatic carbocycles. The van der Waals surface area contributed by atoms with E-state index in [2.05, 4.69) is 33.0 Å². The smallest absolute Gasteiger partial charge is 0.271 e. The summed E-state index contributed by atoms with van der Waals surface area (Å²) >= 11 is 9.27. The van der Waals surface area contributed by atoms with Crippen molar-refractivity contribution in [2.45, 2.75) is 6.92 Å². The normalized spacial score (nSPS) is 10.6. The van der Waals surface area contributed by atoms with Crippen molar-refractivity contribution in [3.8, 4) is 11.5 Å². The minimum absolute atomic E-state index is 0.329. The minimum atomic E-state index is -0.329. The molecule has 1 amide bonds. The van der Waals surface area contributed by atoms with Gasteiger partial charge in [0.15, 0.2) is 11.5 Å². The topological polar surface area (TPSA) is 59.9 Å². The Kier molecular flexibility index (Phi) is 7.69. The van der Waals surface area contributed by atoms with Crippen molar-refractivity contribution < 1.29 is 14.3 Å². The number of carbonyl (C=O) groups excluding carboxylic acids is 1. The van der Waals surface area contributed by atoms with E-state index in [9.17, 15) is 4.79 Å². The maximum absolute atomic E-state index is 12.0. The zero-order chi connectivity index (χ0) is 18.9. The second-order valence-electron chi connectivity index (χ2n) is 5.06. The monoisotopic (exact) mass is 436 g/mol. The van der Waals surface area contributed by atoms with Crippen LogP contribution < -0.4 is 14.9 Å². The van der Waals surface area contributed by atoms with Crippen LogP contribution in [0.15, 0.2) is 58.6 Å². The van der Waals surface area contributed by atoms with Crippen LogP contribution in [0.1, 0.15) is 22.8 Å². The molecule has 0 atom stereocenters. The van der Waals surface area contributed by atoms with E-state index in [0.717, 1.165) is 10.0 Å². The first-order valence-corrected chi connectivity index (χ1v) is 9.01. The Morgan fingerprint density at radius 2 is 1.96 bits per heavy atom. The molecule has 0 fully saturated rings. The second-order valence-corrected chi connectivity index (χ2v) is 6.35. The number of nitrogens with one attached hydrogen (secondary N) is 1. The number of rotatable bonds is 8. The molecule has 0 radical (unpaired) electrons. The lowest BCUT2D eigenvalue weighted by Gasteiger charge is -2.12. The molecule has 0 aromatic heterocycles. The highest BCUT2D eigenvalue weighted by atomic mass is 79.9. The van der Waals surface area contributed by atoms with E-state index < -0.39 is 0 Å². The quantitative estimate of drug-likeness (QED) is 0.365. The summed E-state index contributed by atoms with van der Waals surface area (Å²) in [5, 5.41) is 4.56. The summed E-state index contributed by atoms with van der Waals surface area (Å²) in [4.78, 5) is 12.0. The molecule has 2 rings (SSSR count). The van der Waals surface area contributed by atoms with Crippen LogP contribution in [-0.4, -0.2) is 25.3 Å². The van der Waals surface area contributed by atoms with Gasteiger partial charge in [0, 0.05) is 20.6 Å². The van der Waals surface area contributed by atoms with Crippen molar-refractivity contribution in [1.29, 1.82) is 0 Å². The van der Waals surface area contributed by atoms with E-state index in [0.29, 0.717) is 35.3 Å². The van der Waals surface area contributed by atoms with Crippen LogP contribution in [0.25, 0.3) is 0 Å². The highest BCUT2D eigenvalue weighted by Gasteiger charge is 2.10. The number of carbonyl (C=O) groups is 1. The number of amides is 1. The molecule has 0 heterocycles. The molecule has 5 nitrogen and oxygen atoms in total. The van der Waals surface area contributed by atoms with Crippen molar-refractivity contribution in [1.82, 2.24) is 5.43 Å². The van der Waals surface area contributed by atoms with Gasteiger partial charge in [-0.25, -0.2) is 5.43 Å². The number of hydrogen-bond acceptors (Lipinski definition) is 4. The van der Waals surface area contributed by atoms with Crippen molar-refractivity contribution in [3.63, 3.8) is 0 Å². The molecule has 2 aromatic rings. The molecule has 0 spiro atoms. The van der Waals surface area contributed by atoms with Gasteiger partial charge in [-0.15, -0.1) is 0 Å². The highest BCUT2D eigenvalue weighted by molar-refractivity contribution is 9.10. The van der Waals surface area contributed by atoms with Gasteiger partial charge in [0.2, 0.25) is 0 Å². The molecule has 26 heavy (non-hydrogen) atoms. The Morgan fingerprint density at radius 1 is 1.27 bits per heavy atom. The summed E-state index contributed by atoms with van der Waals surface area (Å²) < 4.78 is 11.9. The Bertz CT molecular complexity index is 807. The Hall–Kier alpha value is -2.31. The van der Waals surface area contributed by atoms with Crippen molar-refractivity contribution in [3.05, 3.63) is 69.7 Å². The number of hydrogen-bond donors (Lipinski definition) is 1. The average Bonchev–Trinajstić information content (AvgIpc) is 2.63. The van der Waals surface area contributed by atoms with Crippen molar-refractivity contribution in [2.75, 3.05) is 13.2 Å². The molecule has 0 unspecified atom stereocenters. The van der Waals surface area contributed by atoms with Gasteiger partial charge in [0.1, 0.15) is 6.61 Å². The van der Waals surface area contributed by atoms with E-state index in [1.54, 1.807) is 42.5 Å². The van der Waals surface area contributed by atoms with Gasteiger partial charge in [-0.1, -0.05) is 24.3 Å². The molecule has 0 saturated carbocycles. The van der Waals surface area contributed by atoms with Crippen LogP contribution in [0.5, 0.6) is 11.5 Å². The number of hydrazone groups is 1. The summed E-state index contributed by atoms with van der Waals surface area (Å²) in [6.45, 7) is 6.39. The summed E-state index contributed by atoms with van der Waals surface area (Å²) in [7, 11) is 0. The first kappa shape index (κ1) is 20.0. The van der Waals surface area contributed by atoms with E-state index in [1.807, 2.05) is 6.92 Å². The lowest BCUT2D eigenvalue weighted by atomic mass is 10.2. The van der Waals surface area contributed by atoms with Crippen LogP contribution in [0.3, 0.4) is 0 Å². The molecule has 0 aliphatic rings. The second kappa shape index (κ2) is 9.99. The largest absolute Gasteiger partial charge is 0.490 e. The highest BCUT2D eigenvalue weighted by Crippen LogP contribution is 2.33. The number of ether oxygens (including phenoxy) is 2. The van der Waals surface area contributed by atoms with E-state index in [4.69, 9.17) is 21.1 Å². The average molecular weight is 438 g/mol. The zero-order valence-electron chi connectivity index (χ0n) is 14.2. The first-order chi connectivity index (χ1) is 12.5. The molecule has 0 bridgehead atoms. The van der Waals surface area contributed by atoms with Gasteiger partial charge in [-0.2, -0.15) is 5.10 Å². The van der Waals surface area contributed by atoms with Crippen molar-refractivity contribution in [2.24, 2.45) is 5.10 Å². The van der Waals surface area contributed by atoms with Crippen LogP contribution in [-0.2, 0) is 0 Å². The predicted octanol–water partition coefficient (Wildman–Crippen LogP) is 4.83. The van der Waals surface area contributed by atoms with Gasteiger partial charge in [0.05, 0.1) is 12.8 Å². The maximum atomic E-state index is 12.0. The summed E-state index contributed by atoms with van der Waals surface area (Å²) in [6.07, 6.45) is 3.18. The molecule has 0 aliphatic heterocycles. The maximum Gasteiger partial charge on any atom is 0.271 e. The fourth-order valence-electron chi connectivity index (χ4n) is 2.01. The van der Waals surface area contributed by atoms with Crippen LogP contribution >= 0.6 is 27.5 Å². The van der Waals surface area contributed by atoms with Crippen LogP contribution in [0.2, 0.25) is 5.02 Å². The standard InChI is InChI=1S/C19H18BrClN2O3/c1-3-9-26-18-11-16(20)14(10-17(18)25-4-2)12-22-23-19(24)13-5-7-15(21)8-6-13/h3,5-8,10-12H,1,4,9H2,2H3,(H,23,24)/b22-12-. The van der Waals surface area contributed by atoms with Crippen LogP contribution in [0, 0.1) is 0 Å².